The second-order valence-electron chi connectivity index (χ2n) is 16.3. The number of allylic oxidation sites excluding steroid dienone is 6. The lowest BCUT2D eigenvalue weighted by Crippen LogP contribution is -2.44. The van der Waals surface area contributed by atoms with Gasteiger partial charge >= 0.3 is 11.9 Å². The Morgan fingerprint density at radius 3 is 1.43 bits per heavy atom. The summed E-state index contributed by atoms with van der Waals surface area (Å²) in [7, 11) is 5.90. The number of carbonyl (C=O) groups excluding carboxylic acids is 3. The van der Waals surface area contributed by atoms with Gasteiger partial charge in [-0.15, -0.1) is 0 Å². The molecule has 0 aliphatic rings. The third-order valence-electron chi connectivity index (χ3n) is 9.64. The predicted octanol–water partition coefficient (Wildman–Crippen LogP) is 10.5. The second kappa shape index (κ2) is 39.3. The van der Waals surface area contributed by atoms with Gasteiger partial charge in [-0.05, 0) is 51.4 Å². The number of esters is 2. The molecule has 2 unspecified atom stereocenters. The van der Waals surface area contributed by atoms with Gasteiger partial charge in [0.2, 0.25) is 0 Å². The molecular weight excluding hydrogens is 707 g/mol. The first-order valence-corrected chi connectivity index (χ1v) is 22.6. The summed E-state index contributed by atoms with van der Waals surface area (Å²) in [5.74, 6) is -2.30. The fourth-order valence-corrected chi connectivity index (χ4v) is 6.07. The molecule has 0 saturated heterocycles. The Morgan fingerprint density at radius 2 is 0.964 bits per heavy atom. The smallest absolute Gasteiger partial charge is 0.306 e. The van der Waals surface area contributed by atoms with E-state index in [4.69, 9.17) is 18.9 Å². The maximum absolute atomic E-state index is 12.7. The number of carboxylic acid groups (broad SMARTS) is 1. The first-order chi connectivity index (χ1) is 27.1. The van der Waals surface area contributed by atoms with Crippen molar-refractivity contribution in [2.75, 3.05) is 47.5 Å². The first-order valence-electron chi connectivity index (χ1n) is 22.6. The van der Waals surface area contributed by atoms with E-state index in [1.165, 1.54) is 83.5 Å². The lowest BCUT2D eigenvalue weighted by molar-refractivity contribution is -0.870. The minimum Gasteiger partial charge on any atom is -0.545 e. The van der Waals surface area contributed by atoms with Crippen LogP contribution in [-0.2, 0) is 33.3 Å². The number of aliphatic carboxylic acids is 1. The maximum Gasteiger partial charge on any atom is 0.306 e. The third-order valence-corrected chi connectivity index (χ3v) is 9.64. The van der Waals surface area contributed by atoms with Crippen molar-refractivity contribution in [3.63, 3.8) is 0 Å². The Labute approximate surface area is 343 Å². The van der Waals surface area contributed by atoms with Gasteiger partial charge < -0.3 is 33.3 Å². The van der Waals surface area contributed by atoms with Crippen molar-refractivity contribution >= 4 is 17.9 Å². The zero-order valence-electron chi connectivity index (χ0n) is 36.8. The Morgan fingerprint density at radius 1 is 0.536 bits per heavy atom. The van der Waals surface area contributed by atoms with E-state index in [0.717, 1.165) is 70.6 Å². The number of carbonyl (C=O) groups is 3. The van der Waals surface area contributed by atoms with Crippen LogP contribution in [0.5, 0.6) is 0 Å². The molecule has 0 amide bonds. The maximum atomic E-state index is 12.7. The van der Waals surface area contributed by atoms with Crippen LogP contribution < -0.4 is 5.11 Å². The number of ether oxygens (including phenoxy) is 4. The molecule has 0 aromatic heterocycles. The van der Waals surface area contributed by atoms with E-state index in [-0.39, 0.29) is 32.2 Å². The molecule has 0 aliphatic heterocycles. The van der Waals surface area contributed by atoms with Gasteiger partial charge in [0.15, 0.2) is 12.4 Å². The molecule has 9 heteroatoms. The minimum absolute atomic E-state index is 0.145. The second-order valence-corrected chi connectivity index (χ2v) is 16.3. The molecule has 56 heavy (non-hydrogen) atoms. The third kappa shape index (κ3) is 39.7. The van der Waals surface area contributed by atoms with Crippen molar-refractivity contribution in [1.29, 1.82) is 0 Å². The molecule has 0 aromatic rings. The number of unbranched alkanes of at least 4 members (excludes halogenated alkanes) is 20. The standard InChI is InChI=1S/C47H85NO8/c1-6-8-10-12-14-16-18-19-20-21-22-23-24-25-26-27-28-30-32-34-36-38-45(50)56-43(42-55-47(46(51)52)53-40-39-48(3,4)5)41-54-44(49)37-35-33-31-29-17-15-13-11-9-7-2/h18-19,21-22,24-25,43,47H,6-17,20,23,26-42H2,1-5H3/b19-18-,22-21-,25-24-. The summed E-state index contributed by atoms with van der Waals surface area (Å²) in [4.78, 5) is 36.9. The zero-order valence-corrected chi connectivity index (χ0v) is 36.8. The van der Waals surface area contributed by atoms with E-state index in [2.05, 4.69) is 50.3 Å². The molecule has 0 bridgehead atoms. The summed E-state index contributed by atoms with van der Waals surface area (Å²) in [6.07, 6.45) is 40.3. The Hall–Kier alpha value is -2.49. The van der Waals surface area contributed by atoms with E-state index < -0.39 is 24.3 Å². The fourth-order valence-electron chi connectivity index (χ4n) is 6.07. The highest BCUT2D eigenvalue weighted by Crippen LogP contribution is 2.14. The van der Waals surface area contributed by atoms with Crippen LogP contribution in [0.15, 0.2) is 36.5 Å². The Bertz CT molecular complexity index is 1020. The highest BCUT2D eigenvalue weighted by Gasteiger charge is 2.21. The van der Waals surface area contributed by atoms with Crippen molar-refractivity contribution in [3.05, 3.63) is 36.5 Å². The monoisotopic (exact) mass is 792 g/mol. The fraction of sp³-hybridized carbons (Fsp3) is 0.809. The Balaban J connectivity index is 4.40. The minimum atomic E-state index is -1.62. The highest BCUT2D eigenvalue weighted by molar-refractivity contribution is 5.70. The first kappa shape index (κ1) is 53.5. The van der Waals surface area contributed by atoms with Gasteiger partial charge in [-0.1, -0.05) is 159 Å². The molecule has 0 spiro atoms. The quantitative estimate of drug-likeness (QED) is 0.0198. The largest absolute Gasteiger partial charge is 0.545 e. The number of nitrogens with zero attached hydrogens (tertiary/aromatic N) is 1. The van der Waals surface area contributed by atoms with Gasteiger partial charge in [0.25, 0.3) is 0 Å². The van der Waals surface area contributed by atoms with Gasteiger partial charge in [-0.2, -0.15) is 0 Å². The number of carboxylic acids is 1. The van der Waals surface area contributed by atoms with Crippen LogP contribution in [0.3, 0.4) is 0 Å². The van der Waals surface area contributed by atoms with Crippen LogP contribution in [0.25, 0.3) is 0 Å². The molecule has 0 fully saturated rings. The summed E-state index contributed by atoms with van der Waals surface area (Å²) < 4.78 is 22.5. The van der Waals surface area contributed by atoms with Crippen molar-refractivity contribution in [3.8, 4) is 0 Å². The SMILES string of the molecule is CCCCCCC/C=C\C/C=C\C/C=C\CCCCCCCCC(=O)OC(COC(=O)CCCCCCCCCCCC)COC(OCC[N+](C)(C)C)C(=O)[O-]. The molecular formula is C47H85NO8. The van der Waals surface area contributed by atoms with Gasteiger partial charge in [0, 0.05) is 12.8 Å². The zero-order chi connectivity index (χ0) is 41.4. The van der Waals surface area contributed by atoms with Crippen LogP contribution in [-0.4, -0.2) is 82.3 Å². The Kier molecular flexibility index (Phi) is 37.6. The number of quaternary nitrogens is 1. The summed E-state index contributed by atoms with van der Waals surface area (Å²) in [6, 6.07) is 0. The van der Waals surface area contributed by atoms with E-state index in [9.17, 15) is 19.5 Å². The van der Waals surface area contributed by atoms with Crippen LogP contribution in [0.4, 0.5) is 0 Å². The number of hydrogen-bond acceptors (Lipinski definition) is 8. The average molecular weight is 792 g/mol. The van der Waals surface area contributed by atoms with Crippen LogP contribution in [0.2, 0.25) is 0 Å². The molecule has 326 valence electrons. The molecule has 0 radical (unpaired) electrons. The van der Waals surface area contributed by atoms with E-state index >= 15 is 0 Å². The normalized spacial score (nSPS) is 13.2. The molecule has 0 heterocycles. The van der Waals surface area contributed by atoms with Crippen LogP contribution >= 0.6 is 0 Å². The van der Waals surface area contributed by atoms with E-state index in [1.54, 1.807) is 0 Å². The van der Waals surface area contributed by atoms with E-state index in [1.807, 2.05) is 21.1 Å². The average Bonchev–Trinajstić information content (AvgIpc) is 3.15. The van der Waals surface area contributed by atoms with Gasteiger partial charge in [-0.25, -0.2) is 0 Å². The summed E-state index contributed by atoms with van der Waals surface area (Å²) in [5.41, 5.74) is 0. The van der Waals surface area contributed by atoms with Crippen molar-refractivity contribution in [2.24, 2.45) is 0 Å². The number of rotatable bonds is 41. The number of hydrogen-bond donors (Lipinski definition) is 0. The van der Waals surface area contributed by atoms with Gasteiger partial charge in [0.05, 0.1) is 40.3 Å². The highest BCUT2D eigenvalue weighted by atomic mass is 16.7. The van der Waals surface area contributed by atoms with Crippen molar-refractivity contribution < 1.29 is 42.9 Å². The topological polar surface area (TPSA) is 111 Å². The van der Waals surface area contributed by atoms with Gasteiger partial charge in [-0.3, -0.25) is 9.59 Å². The predicted molar refractivity (Wildman–Crippen MR) is 228 cm³/mol. The van der Waals surface area contributed by atoms with Crippen LogP contribution in [0, 0.1) is 0 Å². The van der Waals surface area contributed by atoms with E-state index in [0.29, 0.717) is 23.9 Å². The number of likely N-dealkylation sites (N-methyl/N-ethyl adjacent to an activating group) is 1. The lowest BCUT2D eigenvalue weighted by Gasteiger charge is -2.26. The molecule has 0 aliphatic carbocycles. The molecule has 9 nitrogen and oxygen atoms in total. The van der Waals surface area contributed by atoms with Gasteiger partial charge in [0.1, 0.15) is 13.2 Å². The summed E-state index contributed by atoms with van der Waals surface area (Å²) >= 11 is 0. The van der Waals surface area contributed by atoms with Crippen molar-refractivity contribution in [2.45, 2.75) is 200 Å². The molecule has 2 atom stereocenters. The summed E-state index contributed by atoms with van der Waals surface area (Å²) in [5, 5.41) is 11.7. The summed E-state index contributed by atoms with van der Waals surface area (Å²) in [6.45, 7) is 4.69. The van der Waals surface area contributed by atoms with Crippen molar-refractivity contribution in [1.82, 2.24) is 0 Å². The molecule has 0 rings (SSSR count). The molecule has 0 aromatic carbocycles. The van der Waals surface area contributed by atoms with Crippen LogP contribution in [0.1, 0.15) is 187 Å². The lowest BCUT2D eigenvalue weighted by atomic mass is 10.1. The molecule has 0 saturated carbocycles. The molecule has 0 N–H and O–H groups in total.